The summed E-state index contributed by atoms with van der Waals surface area (Å²) >= 11 is 0. The van der Waals surface area contributed by atoms with Crippen LogP contribution in [0.15, 0.2) is 0 Å². The number of carbonyl (C=O) groups is 1. The Balaban J connectivity index is 1.95. The van der Waals surface area contributed by atoms with Gasteiger partial charge in [-0.15, -0.1) is 0 Å². The maximum Gasteiger partial charge on any atom is 0.311 e. The standard InChI is InChI=1S/C11H18O5/c1-13-6-15-5-7-8-3-4-9(16-8)10(7)11(12)14-2/h7-10H,3-6H2,1-2H3/t7-,8-,9+,10-/m1/s1. The lowest BCUT2D eigenvalue weighted by molar-refractivity contribution is -0.150. The second kappa shape index (κ2) is 5.12. The molecule has 16 heavy (non-hydrogen) atoms. The van der Waals surface area contributed by atoms with E-state index in [1.165, 1.54) is 7.11 Å². The highest BCUT2D eigenvalue weighted by atomic mass is 16.7. The molecule has 4 atom stereocenters. The van der Waals surface area contributed by atoms with Gasteiger partial charge in [-0.1, -0.05) is 0 Å². The molecular weight excluding hydrogens is 212 g/mol. The van der Waals surface area contributed by atoms with Crippen LogP contribution in [-0.2, 0) is 23.7 Å². The molecule has 2 fully saturated rings. The van der Waals surface area contributed by atoms with Crippen molar-refractivity contribution < 1.29 is 23.7 Å². The van der Waals surface area contributed by atoms with E-state index in [0.717, 1.165) is 12.8 Å². The van der Waals surface area contributed by atoms with Gasteiger partial charge in [-0.25, -0.2) is 0 Å². The predicted octanol–water partition coefficient (Wildman–Crippen LogP) is 0.573. The fourth-order valence-corrected chi connectivity index (χ4v) is 2.72. The molecule has 2 aliphatic heterocycles. The topological polar surface area (TPSA) is 54.0 Å². The normalized spacial score (nSPS) is 36.6. The lowest BCUT2D eigenvalue weighted by atomic mass is 9.80. The molecule has 0 unspecified atom stereocenters. The summed E-state index contributed by atoms with van der Waals surface area (Å²) in [6, 6.07) is 0. The Morgan fingerprint density at radius 3 is 2.75 bits per heavy atom. The van der Waals surface area contributed by atoms with Crippen molar-refractivity contribution >= 4 is 5.97 Å². The van der Waals surface area contributed by atoms with E-state index in [-0.39, 0.29) is 36.8 Å². The zero-order valence-corrected chi connectivity index (χ0v) is 9.68. The van der Waals surface area contributed by atoms with Crippen molar-refractivity contribution in [2.45, 2.75) is 25.0 Å². The van der Waals surface area contributed by atoms with Gasteiger partial charge in [-0.2, -0.15) is 0 Å². The van der Waals surface area contributed by atoms with Gasteiger partial charge in [0.2, 0.25) is 0 Å². The molecule has 0 aromatic carbocycles. The Labute approximate surface area is 95.0 Å². The van der Waals surface area contributed by atoms with Gasteiger partial charge in [-0.05, 0) is 12.8 Å². The van der Waals surface area contributed by atoms with Crippen LogP contribution >= 0.6 is 0 Å². The molecule has 5 heteroatoms. The Morgan fingerprint density at radius 2 is 2.06 bits per heavy atom. The van der Waals surface area contributed by atoms with E-state index in [9.17, 15) is 4.79 Å². The summed E-state index contributed by atoms with van der Waals surface area (Å²) in [5.41, 5.74) is 0. The van der Waals surface area contributed by atoms with Crippen molar-refractivity contribution in [2.24, 2.45) is 11.8 Å². The Morgan fingerprint density at radius 1 is 1.31 bits per heavy atom. The number of hydrogen-bond acceptors (Lipinski definition) is 5. The highest BCUT2D eigenvalue weighted by molar-refractivity contribution is 5.74. The molecule has 0 aromatic heterocycles. The highest BCUT2D eigenvalue weighted by Gasteiger charge is 2.52. The van der Waals surface area contributed by atoms with Crippen LogP contribution in [0.1, 0.15) is 12.8 Å². The summed E-state index contributed by atoms with van der Waals surface area (Å²) in [6.45, 7) is 0.747. The minimum atomic E-state index is -0.182. The average Bonchev–Trinajstić information content (AvgIpc) is 2.88. The van der Waals surface area contributed by atoms with Crippen LogP contribution < -0.4 is 0 Å². The molecule has 0 saturated carbocycles. The van der Waals surface area contributed by atoms with E-state index in [4.69, 9.17) is 18.9 Å². The lowest BCUT2D eigenvalue weighted by Gasteiger charge is -2.25. The predicted molar refractivity (Wildman–Crippen MR) is 54.7 cm³/mol. The molecule has 0 radical (unpaired) electrons. The van der Waals surface area contributed by atoms with E-state index >= 15 is 0 Å². The van der Waals surface area contributed by atoms with Crippen molar-refractivity contribution in [3.63, 3.8) is 0 Å². The number of esters is 1. The smallest absolute Gasteiger partial charge is 0.311 e. The molecule has 0 amide bonds. The third-order valence-corrected chi connectivity index (χ3v) is 3.41. The summed E-state index contributed by atoms with van der Waals surface area (Å²) in [4.78, 5) is 11.7. The quantitative estimate of drug-likeness (QED) is 0.393. The minimum absolute atomic E-state index is 0.0218. The van der Waals surface area contributed by atoms with Gasteiger partial charge in [0.15, 0.2) is 0 Å². The van der Waals surface area contributed by atoms with E-state index in [2.05, 4.69) is 0 Å². The van der Waals surface area contributed by atoms with E-state index in [1.807, 2.05) is 0 Å². The van der Waals surface area contributed by atoms with Crippen LogP contribution in [0.2, 0.25) is 0 Å². The fourth-order valence-electron chi connectivity index (χ4n) is 2.72. The second-order valence-electron chi connectivity index (χ2n) is 4.28. The summed E-state index contributed by atoms with van der Waals surface area (Å²) in [5, 5.41) is 0. The average molecular weight is 230 g/mol. The number of fused-ring (bicyclic) bond motifs is 2. The Hall–Kier alpha value is -0.650. The summed E-state index contributed by atoms with van der Waals surface area (Å²) in [6.07, 6.45) is 2.13. The summed E-state index contributed by atoms with van der Waals surface area (Å²) < 4.78 is 20.7. The molecule has 0 N–H and O–H groups in total. The molecule has 0 spiro atoms. The maximum atomic E-state index is 11.7. The van der Waals surface area contributed by atoms with Gasteiger partial charge in [0.1, 0.15) is 6.79 Å². The number of hydrogen-bond donors (Lipinski definition) is 0. The highest BCUT2D eigenvalue weighted by Crippen LogP contribution is 2.44. The number of ether oxygens (including phenoxy) is 4. The van der Waals surface area contributed by atoms with E-state index < -0.39 is 0 Å². The molecule has 2 heterocycles. The van der Waals surface area contributed by atoms with Crippen LogP contribution in [0.25, 0.3) is 0 Å². The van der Waals surface area contributed by atoms with Gasteiger partial charge in [-0.3, -0.25) is 4.79 Å². The van der Waals surface area contributed by atoms with Crippen molar-refractivity contribution in [1.82, 2.24) is 0 Å². The van der Waals surface area contributed by atoms with Crippen molar-refractivity contribution in [2.75, 3.05) is 27.6 Å². The van der Waals surface area contributed by atoms with Gasteiger partial charge >= 0.3 is 5.97 Å². The largest absolute Gasteiger partial charge is 0.469 e. The molecule has 2 bridgehead atoms. The van der Waals surface area contributed by atoms with Crippen LogP contribution in [0.5, 0.6) is 0 Å². The second-order valence-corrected chi connectivity index (χ2v) is 4.28. The van der Waals surface area contributed by atoms with Crippen LogP contribution in [-0.4, -0.2) is 45.8 Å². The van der Waals surface area contributed by atoms with Gasteiger partial charge in [0.05, 0.1) is 31.8 Å². The molecule has 2 rings (SSSR count). The molecule has 92 valence electrons. The van der Waals surface area contributed by atoms with Crippen LogP contribution in [0, 0.1) is 11.8 Å². The van der Waals surface area contributed by atoms with E-state index in [1.54, 1.807) is 7.11 Å². The zero-order valence-electron chi connectivity index (χ0n) is 9.68. The molecular formula is C11H18O5. The lowest BCUT2D eigenvalue weighted by Crippen LogP contribution is -2.37. The zero-order chi connectivity index (χ0) is 11.5. The Kier molecular flexibility index (Phi) is 3.78. The van der Waals surface area contributed by atoms with Gasteiger partial charge in [0, 0.05) is 13.0 Å². The first-order valence-electron chi connectivity index (χ1n) is 5.58. The number of methoxy groups -OCH3 is 2. The first kappa shape index (κ1) is 11.8. The molecule has 2 aliphatic rings. The van der Waals surface area contributed by atoms with Crippen LogP contribution in [0.4, 0.5) is 0 Å². The van der Waals surface area contributed by atoms with Gasteiger partial charge < -0.3 is 18.9 Å². The summed E-state index contributed by atoms with van der Waals surface area (Å²) in [5.74, 6) is -0.236. The third kappa shape index (κ3) is 2.07. The van der Waals surface area contributed by atoms with Crippen molar-refractivity contribution in [1.29, 1.82) is 0 Å². The first-order valence-corrected chi connectivity index (χ1v) is 5.58. The number of carbonyl (C=O) groups excluding carboxylic acids is 1. The Bertz CT molecular complexity index is 255. The summed E-state index contributed by atoms with van der Waals surface area (Å²) in [7, 11) is 3.00. The molecule has 5 nitrogen and oxygen atoms in total. The van der Waals surface area contributed by atoms with Crippen molar-refractivity contribution in [3.05, 3.63) is 0 Å². The number of rotatable bonds is 5. The first-order chi connectivity index (χ1) is 7.77. The maximum absolute atomic E-state index is 11.7. The monoisotopic (exact) mass is 230 g/mol. The third-order valence-electron chi connectivity index (χ3n) is 3.41. The fraction of sp³-hybridized carbons (Fsp3) is 0.909. The van der Waals surface area contributed by atoms with E-state index in [0.29, 0.717) is 6.61 Å². The SMILES string of the molecule is COCOC[C@H]1[C@@H](C(=O)OC)[C@@H]2CC[C@H]1O2. The molecule has 0 aliphatic carbocycles. The van der Waals surface area contributed by atoms with Gasteiger partial charge in [0.25, 0.3) is 0 Å². The molecule has 0 aromatic rings. The van der Waals surface area contributed by atoms with Crippen molar-refractivity contribution in [3.8, 4) is 0 Å². The minimum Gasteiger partial charge on any atom is -0.469 e. The van der Waals surface area contributed by atoms with Crippen LogP contribution in [0.3, 0.4) is 0 Å². The molecule has 2 saturated heterocycles.